The van der Waals surface area contributed by atoms with E-state index in [1.54, 1.807) is 20.8 Å². The fourth-order valence-electron chi connectivity index (χ4n) is 5.51. The number of aliphatic hydroxyl groups excluding tert-OH is 12. The summed E-state index contributed by atoms with van der Waals surface area (Å²) in [5.74, 6) is 0. The summed E-state index contributed by atoms with van der Waals surface area (Å²) in [4.78, 5) is 0. The van der Waals surface area contributed by atoms with Gasteiger partial charge in [-0.25, -0.2) is 0 Å². The van der Waals surface area contributed by atoms with Crippen LogP contribution in [0.1, 0.15) is 112 Å². The normalized spacial score (nSPS) is 21.0. The molecule has 0 aliphatic rings. The molecule has 0 aliphatic heterocycles. The third-order valence-corrected chi connectivity index (χ3v) is 7.10. The van der Waals surface area contributed by atoms with Crippen molar-refractivity contribution in [2.24, 2.45) is 5.41 Å². The van der Waals surface area contributed by atoms with E-state index in [1.165, 1.54) is 20.8 Å². The van der Waals surface area contributed by atoms with E-state index in [9.17, 15) is 51.1 Å². The molecule has 12 N–H and O–H groups in total. The molecule has 0 radical (unpaired) electrons. The molecule has 0 amide bonds. The van der Waals surface area contributed by atoms with E-state index in [0.717, 1.165) is 0 Å². The van der Waals surface area contributed by atoms with Crippen molar-refractivity contribution in [3.63, 3.8) is 0 Å². The molecule has 0 fully saturated rings. The van der Waals surface area contributed by atoms with Gasteiger partial charge in [-0.2, -0.15) is 0 Å². The molecule has 0 saturated heterocycles. The molecule has 12 atom stereocenters. The lowest BCUT2D eigenvalue weighted by molar-refractivity contribution is -0.0969. The average molecular weight is 617 g/mol. The molecule has 4 unspecified atom stereocenters. The maximum Gasteiger partial charge on any atom is 0.0623 e. The van der Waals surface area contributed by atoms with E-state index in [-0.39, 0.29) is 76.4 Å². The van der Waals surface area contributed by atoms with Gasteiger partial charge in [-0.05, 0) is 112 Å². The minimum absolute atomic E-state index is 0.00154. The minimum atomic E-state index is -1.30. The molecular weight excluding hydrogens is 552 g/mol. The SMILES string of the molecule is CC(O)CC(C)O.C[C@H](O)C[C@@H](O)CC(C[C@H](O)C[C@H](C)O)(C[C@H](O)C[C@H](C)O)C(O)CC(O)CC[C@H](O)C[C@H](C)O. The molecule has 42 heavy (non-hydrogen) atoms. The second-order valence-electron chi connectivity index (χ2n) is 12.8. The van der Waals surface area contributed by atoms with E-state index >= 15 is 0 Å². The molecule has 0 rings (SSSR count). The molecule has 0 bridgehead atoms. The highest BCUT2D eigenvalue weighted by molar-refractivity contribution is 4.94. The van der Waals surface area contributed by atoms with E-state index in [4.69, 9.17) is 10.2 Å². The summed E-state index contributed by atoms with van der Waals surface area (Å²) in [5.41, 5.74) is -1.30. The van der Waals surface area contributed by atoms with E-state index in [2.05, 4.69) is 0 Å². The fourth-order valence-corrected chi connectivity index (χ4v) is 5.51. The Hall–Kier alpha value is -0.480. The molecule has 0 aromatic rings. The number of hydrogen-bond donors (Lipinski definition) is 12. The highest BCUT2D eigenvalue weighted by Gasteiger charge is 2.43. The summed E-state index contributed by atoms with van der Waals surface area (Å²) in [6.45, 7) is 9.39. The topological polar surface area (TPSA) is 243 Å². The van der Waals surface area contributed by atoms with Gasteiger partial charge in [0.2, 0.25) is 0 Å². The maximum atomic E-state index is 11.3. The van der Waals surface area contributed by atoms with Crippen LogP contribution in [0.3, 0.4) is 0 Å². The van der Waals surface area contributed by atoms with Crippen LogP contribution < -0.4 is 0 Å². The quantitative estimate of drug-likeness (QED) is 0.0750. The molecule has 256 valence electrons. The molecule has 12 nitrogen and oxygen atoms in total. The second kappa shape index (κ2) is 22.9. The van der Waals surface area contributed by atoms with Crippen LogP contribution in [0.4, 0.5) is 0 Å². The van der Waals surface area contributed by atoms with Gasteiger partial charge in [0.15, 0.2) is 0 Å². The molecule has 0 aliphatic carbocycles. The molecule has 0 heterocycles. The Morgan fingerprint density at radius 2 is 0.571 bits per heavy atom. The Morgan fingerprint density at radius 1 is 0.333 bits per heavy atom. The lowest BCUT2D eigenvalue weighted by atomic mass is 9.66. The van der Waals surface area contributed by atoms with Crippen LogP contribution in [0.2, 0.25) is 0 Å². The summed E-state index contributed by atoms with van der Waals surface area (Å²) in [6, 6.07) is 0. The fraction of sp³-hybridized carbons (Fsp3) is 1.00. The number of rotatable bonds is 22. The summed E-state index contributed by atoms with van der Waals surface area (Å²) < 4.78 is 0. The van der Waals surface area contributed by atoms with Crippen molar-refractivity contribution < 1.29 is 61.3 Å². The standard InChI is InChI=1S/C25H52O10.C5H12O2/c1-15(26)7-19(30)5-6-20(31)11-24(35)25(12-21(32)8-16(2)27,13-22(33)9-17(3)28)14-23(34)10-18(4)29;1-4(6)3-5(2)7/h15-24,26-35H,5-14H2,1-4H3;4-7H,3H2,1-2H3/t15-,16-,17-,18-,19-,20?,21+,22+,23+,24?;/m0./s1. The lowest BCUT2D eigenvalue weighted by Gasteiger charge is -2.43. The van der Waals surface area contributed by atoms with Crippen molar-refractivity contribution in [1.29, 1.82) is 0 Å². The third-order valence-electron chi connectivity index (χ3n) is 7.10. The Balaban J connectivity index is 0. The second-order valence-corrected chi connectivity index (χ2v) is 12.8. The molecule has 0 spiro atoms. The van der Waals surface area contributed by atoms with Crippen LogP contribution in [0.5, 0.6) is 0 Å². The first-order valence-electron chi connectivity index (χ1n) is 15.4. The zero-order chi connectivity index (χ0) is 33.2. The first-order chi connectivity index (χ1) is 19.2. The molecule has 0 aromatic heterocycles. The van der Waals surface area contributed by atoms with Crippen LogP contribution in [0.25, 0.3) is 0 Å². The van der Waals surface area contributed by atoms with Crippen molar-refractivity contribution in [3.8, 4) is 0 Å². The largest absolute Gasteiger partial charge is 0.393 e. The van der Waals surface area contributed by atoms with Crippen LogP contribution in [-0.4, -0.2) is 135 Å². The van der Waals surface area contributed by atoms with Gasteiger partial charge in [-0.3, -0.25) is 0 Å². The van der Waals surface area contributed by atoms with Gasteiger partial charge >= 0.3 is 0 Å². The predicted octanol–water partition coefficient (Wildman–Crippen LogP) is -0.299. The van der Waals surface area contributed by atoms with Gasteiger partial charge in [0.1, 0.15) is 0 Å². The summed E-state index contributed by atoms with van der Waals surface area (Å²) >= 11 is 0. The Kier molecular flexibility index (Phi) is 23.8. The average Bonchev–Trinajstić information content (AvgIpc) is 2.74. The smallest absolute Gasteiger partial charge is 0.0623 e. The van der Waals surface area contributed by atoms with Crippen LogP contribution in [0, 0.1) is 5.41 Å². The molecule has 0 aromatic carbocycles. The molecular formula is C30H64O12. The lowest BCUT2D eigenvalue weighted by Crippen LogP contribution is -2.46. The van der Waals surface area contributed by atoms with Crippen LogP contribution >= 0.6 is 0 Å². The van der Waals surface area contributed by atoms with Crippen molar-refractivity contribution in [1.82, 2.24) is 0 Å². The van der Waals surface area contributed by atoms with Gasteiger partial charge < -0.3 is 61.3 Å². The summed E-state index contributed by atoms with van der Waals surface area (Å²) in [5, 5.41) is 119. The Labute approximate surface area is 252 Å². The summed E-state index contributed by atoms with van der Waals surface area (Å²) in [6.07, 6.45) is -9.77. The predicted molar refractivity (Wildman–Crippen MR) is 159 cm³/mol. The molecule has 12 heteroatoms. The third kappa shape index (κ3) is 23.9. The van der Waals surface area contributed by atoms with Gasteiger partial charge in [0.25, 0.3) is 0 Å². The first-order valence-corrected chi connectivity index (χ1v) is 15.4. The van der Waals surface area contributed by atoms with Gasteiger partial charge in [-0.15, -0.1) is 0 Å². The zero-order valence-corrected chi connectivity index (χ0v) is 26.6. The zero-order valence-electron chi connectivity index (χ0n) is 26.6. The van der Waals surface area contributed by atoms with Gasteiger partial charge in [0, 0.05) is 5.41 Å². The summed E-state index contributed by atoms with van der Waals surface area (Å²) in [7, 11) is 0. The first kappa shape index (κ1) is 43.6. The van der Waals surface area contributed by atoms with E-state index in [0.29, 0.717) is 6.42 Å². The van der Waals surface area contributed by atoms with Gasteiger partial charge in [-0.1, -0.05) is 0 Å². The number of aliphatic hydroxyl groups is 12. The van der Waals surface area contributed by atoms with Crippen molar-refractivity contribution in [2.75, 3.05) is 0 Å². The van der Waals surface area contributed by atoms with E-state index in [1.807, 2.05) is 0 Å². The Morgan fingerprint density at radius 3 is 0.810 bits per heavy atom. The van der Waals surface area contributed by atoms with Crippen LogP contribution in [0.15, 0.2) is 0 Å². The number of hydrogen-bond acceptors (Lipinski definition) is 12. The van der Waals surface area contributed by atoms with Gasteiger partial charge in [0.05, 0.1) is 73.2 Å². The highest BCUT2D eigenvalue weighted by atomic mass is 16.3. The maximum absolute atomic E-state index is 11.3. The van der Waals surface area contributed by atoms with E-state index < -0.39 is 66.5 Å². The van der Waals surface area contributed by atoms with Crippen molar-refractivity contribution >= 4 is 0 Å². The monoisotopic (exact) mass is 616 g/mol. The minimum Gasteiger partial charge on any atom is -0.393 e. The molecule has 0 saturated carbocycles. The van der Waals surface area contributed by atoms with Crippen molar-refractivity contribution in [2.45, 2.75) is 185 Å². The van der Waals surface area contributed by atoms with Crippen molar-refractivity contribution in [3.05, 3.63) is 0 Å². The highest BCUT2D eigenvalue weighted by Crippen LogP contribution is 2.42. The Bertz CT molecular complexity index is 578. The van der Waals surface area contributed by atoms with Crippen LogP contribution in [-0.2, 0) is 0 Å².